The summed E-state index contributed by atoms with van der Waals surface area (Å²) in [7, 11) is 0. The van der Waals surface area contributed by atoms with Gasteiger partial charge < -0.3 is 47.1 Å². The molecule has 6 aromatic rings. The minimum absolute atomic E-state index is 0.0218. The fourth-order valence-electron chi connectivity index (χ4n) is 8.30. The summed E-state index contributed by atoms with van der Waals surface area (Å²) in [6, 6.07) is 36.1. The third-order valence-corrected chi connectivity index (χ3v) is 12.0. The molecule has 2 fully saturated rings. The number of hydrogen-bond acceptors (Lipinski definition) is 12. The van der Waals surface area contributed by atoms with Gasteiger partial charge in [-0.15, -0.1) is 0 Å². The minimum atomic E-state index is -0.620. The van der Waals surface area contributed by atoms with Crippen LogP contribution in [0.4, 0.5) is 0 Å². The highest BCUT2D eigenvalue weighted by Gasteiger charge is 2.41. The molecule has 4 unspecified atom stereocenters. The Morgan fingerprint density at radius 2 is 0.944 bits per heavy atom. The van der Waals surface area contributed by atoms with Gasteiger partial charge in [-0.25, -0.2) is 4.79 Å². The summed E-state index contributed by atoms with van der Waals surface area (Å²) in [5.41, 5.74) is 4.54. The topological polar surface area (TPSA) is 145 Å². The van der Waals surface area contributed by atoms with Crippen molar-refractivity contribution in [2.75, 3.05) is 26.4 Å². The van der Waals surface area contributed by atoms with Gasteiger partial charge in [-0.05, 0) is 141 Å². The van der Waals surface area contributed by atoms with E-state index in [2.05, 4.69) is 19.2 Å². The van der Waals surface area contributed by atoms with Crippen LogP contribution in [-0.2, 0) is 33.3 Å². The number of halogens is 1. The molecule has 1 N–H and O–H groups in total. The van der Waals surface area contributed by atoms with Crippen LogP contribution in [0.3, 0.4) is 0 Å². The molecule has 2 aliphatic heterocycles. The standard InChI is InChI=1S/C29H34O6.C25H30O5.C4H5ClO/c1-20(2)28(30)32-17-9-13-25-24(34-29(3,4)35-25)12-8-16-31-23-15-14-22-18-26(33-27(22)19-23)21-10-6-5-7-11-21;1-25(2)29-21(10-6-14-26)22(30-25)11-7-15-27-20-13-12-19-16-23(28-24(19)17-20)18-8-4-3-5-9-18;1-3(2)4(5)6/h5-7,10-11,14-15,18-19,24-25H,1,8-9,12-13,16-17H2,2-4H3;3-5,8-9,12-13,16-17,21-22,26H,6-7,10-11,14-15H2,1-2H3;1H2,2H3. The second-order valence-electron chi connectivity index (χ2n) is 18.7. The lowest BCUT2D eigenvalue weighted by Crippen LogP contribution is -2.24. The van der Waals surface area contributed by atoms with E-state index in [1.165, 1.54) is 0 Å². The molecule has 2 aliphatic rings. The predicted molar refractivity (Wildman–Crippen MR) is 277 cm³/mol. The number of esters is 1. The summed E-state index contributed by atoms with van der Waals surface area (Å²) in [5.74, 6) is 1.75. The third kappa shape index (κ3) is 16.9. The molecule has 12 nitrogen and oxygen atoms in total. The molecule has 13 heteroatoms. The van der Waals surface area contributed by atoms with Crippen molar-refractivity contribution in [3.05, 3.63) is 133 Å². The fourth-order valence-corrected chi connectivity index (χ4v) is 8.30. The van der Waals surface area contributed by atoms with E-state index in [9.17, 15) is 9.59 Å². The molecule has 0 spiro atoms. The van der Waals surface area contributed by atoms with Gasteiger partial charge in [0.1, 0.15) is 34.2 Å². The quantitative estimate of drug-likeness (QED) is 0.0317. The Morgan fingerprint density at radius 3 is 1.31 bits per heavy atom. The summed E-state index contributed by atoms with van der Waals surface area (Å²) in [6.07, 6.45) is 6.40. The van der Waals surface area contributed by atoms with Gasteiger partial charge >= 0.3 is 5.97 Å². The van der Waals surface area contributed by atoms with Crippen LogP contribution < -0.4 is 9.47 Å². The lowest BCUT2D eigenvalue weighted by Gasteiger charge is -2.17. The van der Waals surface area contributed by atoms with Crippen molar-refractivity contribution in [3.8, 4) is 34.1 Å². The van der Waals surface area contributed by atoms with E-state index in [0.29, 0.717) is 37.4 Å². The number of aliphatic hydroxyl groups excluding tert-OH is 1. The Labute approximate surface area is 422 Å². The van der Waals surface area contributed by atoms with Crippen molar-refractivity contribution in [2.24, 2.45) is 0 Å². The average molecular weight is 994 g/mol. The maximum Gasteiger partial charge on any atom is 0.333 e. The lowest BCUT2D eigenvalue weighted by atomic mass is 10.0. The van der Waals surface area contributed by atoms with Crippen molar-refractivity contribution in [3.63, 3.8) is 0 Å². The summed E-state index contributed by atoms with van der Waals surface area (Å²) >= 11 is 4.87. The fraction of sp³-hybridized carbons (Fsp3) is 0.414. The monoisotopic (exact) mass is 992 g/mol. The summed E-state index contributed by atoms with van der Waals surface area (Å²) in [6.45, 7) is 19.5. The van der Waals surface area contributed by atoms with Crippen molar-refractivity contribution in [1.82, 2.24) is 0 Å². The van der Waals surface area contributed by atoms with Gasteiger partial charge in [0, 0.05) is 51.8 Å². The minimum Gasteiger partial charge on any atom is -0.493 e. The Morgan fingerprint density at radius 1 is 0.563 bits per heavy atom. The molecule has 380 valence electrons. The van der Waals surface area contributed by atoms with Crippen LogP contribution in [0.5, 0.6) is 11.5 Å². The van der Waals surface area contributed by atoms with Crippen LogP contribution >= 0.6 is 11.6 Å². The second kappa shape index (κ2) is 26.1. The van der Waals surface area contributed by atoms with Crippen molar-refractivity contribution in [1.29, 1.82) is 0 Å². The van der Waals surface area contributed by atoms with Gasteiger partial charge in [0.15, 0.2) is 11.6 Å². The molecule has 0 bridgehead atoms. The molecule has 4 atom stereocenters. The normalized spacial score (nSPS) is 18.8. The molecule has 4 heterocycles. The van der Waals surface area contributed by atoms with E-state index in [-0.39, 0.29) is 37.0 Å². The van der Waals surface area contributed by atoms with E-state index >= 15 is 0 Å². The summed E-state index contributed by atoms with van der Waals surface area (Å²) in [4.78, 5) is 21.3. The highest BCUT2D eigenvalue weighted by atomic mass is 35.5. The molecule has 0 saturated carbocycles. The van der Waals surface area contributed by atoms with Gasteiger partial charge in [0.05, 0.1) is 44.2 Å². The molecule has 2 saturated heterocycles. The van der Waals surface area contributed by atoms with Gasteiger partial charge in [-0.1, -0.05) is 73.8 Å². The number of fused-ring (bicyclic) bond motifs is 2. The summed E-state index contributed by atoms with van der Waals surface area (Å²) < 4.78 is 53.4. The zero-order chi connectivity index (χ0) is 51.0. The van der Waals surface area contributed by atoms with Crippen molar-refractivity contribution in [2.45, 2.75) is 129 Å². The number of aliphatic hydroxyl groups is 1. The van der Waals surface area contributed by atoms with E-state index in [4.69, 9.17) is 58.7 Å². The van der Waals surface area contributed by atoms with Crippen LogP contribution in [0.15, 0.2) is 142 Å². The van der Waals surface area contributed by atoms with E-state index < -0.39 is 16.8 Å². The molecule has 2 aromatic heterocycles. The zero-order valence-corrected chi connectivity index (χ0v) is 42.7. The van der Waals surface area contributed by atoms with E-state index in [1.807, 2.05) is 131 Å². The molecule has 4 aromatic carbocycles. The largest absolute Gasteiger partial charge is 0.493 e. The number of carbonyl (C=O) groups is 2. The smallest absolute Gasteiger partial charge is 0.333 e. The van der Waals surface area contributed by atoms with Gasteiger partial charge in [0.25, 0.3) is 0 Å². The third-order valence-electron chi connectivity index (χ3n) is 11.7. The molecule has 0 aliphatic carbocycles. The van der Waals surface area contributed by atoms with E-state index in [1.54, 1.807) is 13.8 Å². The SMILES string of the molecule is C=C(C)C(=O)Cl.C=C(C)C(=O)OCCCC1OC(C)(C)OC1CCCOc1ccc2cc(-c3ccccc3)oc2c1.CC1(C)OC(CCCO)C(CCCOc2ccc3cc(-c4ccccc4)oc3c2)O1. The van der Waals surface area contributed by atoms with Crippen LogP contribution in [0.25, 0.3) is 44.6 Å². The van der Waals surface area contributed by atoms with Crippen LogP contribution in [0, 0.1) is 0 Å². The Bertz CT molecular complexity index is 2640. The van der Waals surface area contributed by atoms with Crippen molar-refractivity contribution < 1.29 is 56.7 Å². The second-order valence-corrected chi connectivity index (χ2v) is 19.1. The molecule has 0 radical (unpaired) electrons. The van der Waals surface area contributed by atoms with Gasteiger partial charge in [-0.2, -0.15) is 0 Å². The van der Waals surface area contributed by atoms with Gasteiger partial charge in [-0.3, -0.25) is 4.79 Å². The highest BCUT2D eigenvalue weighted by Crippen LogP contribution is 2.36. The van der Waals surface area contributed by atoms with Crippen LogP contribution in [0.2, 0.25) is 0 Å². The molecule has 0 amide bonds. The van der Waals surface area contributed by atoms with Gasteiger partial charge in [0.2, 0.25) is 5.24 Å². The Balaban J connectivity index is 0.000000210. The molecule has 71 heavy (non-hydrogen) atoms. The molecular formula is C58H69ClO12. The first-order valence-electron chi connectivity index (χ1n) is 24.4. The maximum absolute atomic E-state index is 11.5. The first-order valence-corrected chi connectivity index (χ1v) is 24.8. The zero-order valence-electron chi connectivity index (χ0n) is 41.9. The highest BCUT2D eigenvalue weighted by molar-refractivity contribution is 6.67. The van der Waals surface area contributed by atoms with Crippen LogP contribution in [-0.4, -0.2) is 78.7 Å². The van der Waals surface area contributed by atoms with Crippen molar-refractivity contribution >= 4 is 44.8 Å². The number of rotatable bonds is 21. The number of benzene rings is 4. The first kappa shape index (κ1) is 54.6. The molecule has 8 rings (SSSR count). The first-order chi connectivity index (χ1) is 34.0. The molecular weight excluding hydrogens is 924 g/mol. The Hall–Kier alpha value is -5.73. The Kier molecular flexibility index (Phi) is 20.1. The number of carbonyl (C=O) groups excluding carboxylic acids is 2. The number of ether oxygens (including phenoxy) is 7. The average Bonchev–Trinajstić information content (AvgIpc) is 4.12. The number of hydrogen-bond donors (Lipinski definition) is 1. The number of allylic oxidation sites excluding steroid dienone is 1. The predicted octanol–water partition coefficient (Wildman–Crippen LogP) is 13.6. The summed E-state index contributed by atoms with van der Waals surface area (Å²) in [5, 5.41) is 10.7. The number of furan rings is 2. The van der Waals surface area contributed by atoms with Crippen LogP contribution in [0.1, 0.15) is 92.9 Å². The lowest BCUT2D eigenvalue weighted by molar-refractivity contribution is -0.148. The van der Waals surface area contributed by atoms with E-state index in [0.717, 1.165) is 101 Å². The maximum atomic E-state index is 11.5.